The Balaban J connectivity index is 2.77. The third-order valence-electron chi connectivity index (χ3n) is 2.47. The summed E-state index contributed by atoms with van der Waals surface area (Å²) >= 11 is 0. The predicted octanol–water partition coefficient (Wildman–Crippen LogP) is 3.09. The zero-order valence-electron chi connectivity index (χ0n) is 10.3. The molecule has 0 heterocycles. The molecule has 0 atom stereocenters. The number of hydrogen-bond donors (Lipinski definition) is 1. The molecule has 1 rings (SSSR count). The van der Waals surface area contributed by atoms with E-state index in [0.717, 1.165) is 18.4 Å². The maximum absolute atomic E-state index is 9.71. The van der Waals surface area contributed by atoms with Gasteiger partial charge in [0.05, 0.1) is 6.61 Å². The number of methoxy groups -OCH3 is 1. The molecule has 0 unspecified atom stereocenters. The van der Waals surface area contributed by atoms with Crippen LogP contribution >= 0.6 is 0 Å². The monoisotopic (exact) mass is 220 g/mol. The minimum atomic E-state index is 0.374. The first-order valence-electron chi connectivity index (χ1n) is 5.56. The lowest BCUT2D eigenvalue weighted by atomic mass is 10.0. The van der Waals surface area contributed by atoms with Crippen molar-refractivity contribution in [3.63, 3.8) is 0 Å². The normalized spacial score (nSPS) is 10.2. The first kappa shape index (κ1) is 12.8. The average molecular weight is 220 g/mol. The van der Waals surface area contributed by atoms with E-state index in [1.54, 1.807) is 13.2 Å². The van der Waals surface area contributed by atoms with Crippen LogP contribution in [0.2, 0.25) is 0 Å². The van der Waals surface area contributed by atoms with Gasteiger partial charge in [-0.3, -0.25) is 0 Å². The quantitative estimate of drug-likeness (QED) is 0.773. The third kappa shape index (κ3) is 4.07. The molecule has 0 aromatic heterocycles. The van der Waals surface area contributed by atoms with Crippen LogP contribution in [-0.2, 0) is 17.6 Å². The molecule has 1 aromatic carbocycles. The number of allylic oxidation sites excluding steroid dienone is 2. The topological polar surface area (TPSA) is 29.5 Å². The molecule has 0 saturated heterocycles. The van der Waals surface area contributed by atoms with Crippen LogP contribution in [0.1, 0.15) is 25.0 Å². The molecule has 1 aromatic rings. The van der Waals surface area contributed by atoms with Gasteiger partial charge in [-0.1, -0.05) is 23.8 Å². The van der Waals surface area contributed by atoms with E-state index in [1.165, 1.54) is 11.1 Å². The molecule has 0 spiro atoms. The second kappa shape index (κ2) is 6.33. The third-order valence-corrected chi connectivity index (χ3v) is 2.47. The Bertz CT molecular complexity index is 363. The van der Waals surface area contributed by atoms with Gasteiger partial charge in [0.15, 0.2) is 0 Å². The second-order valence-electron chi connectivity index (χ2n) is 4.19. The summed E-state index contributed by atoms with van der Waals surface area (Å²) in [6, 6.07) is 5.76. The van der Waals surface area contributed by atoms with Crippen molar-refractivity contribution in [2.24, 2.45) is 0 Å². The molecule has 0 saturated carbocycles. The summed E-state index contributed by atoms with van der Waals surface area (Å²) in [4.78, 5) is 0. The lowest BCUT2D eigenvalue weighted by Crippen LogP contribution is -1.95. The van der Waals surface area contributed by atoms with Crippen molar-refractivity contribution in [2.45, 2.75) is 26.7 Å². The fourth-order valence-electron chi connectivity index (χ4n) is 1.49. The standard InChI is InChI=1S/C14H20O2/c1-11(2)4-6-13-10-12(8-9-16-3)5-7-14(13)15/h4-5,7,10,15H,6,8-9H2,1-3H3. The fourth-order valence-corrected chi connectivity index (χ4v) is 1.49. The maximum Gasteiger partial charge on any atom is 0.119 e. The molecule has 0 bridgehead atoms. The molecular weight excluding hydrogens is 200 g/mol. The highest BCUT2D eigenvalue weighted by atomic mass is 16.5. The smallest absolute Gasteiger partial charge is 0.119 e. The molecule has 0 aliphatic heterocycles. The van der Waals surface area contributed by atoms with Crippen molar-refractivity contribution < 1.29 is 9.84 Å². The Morgan fingerprint density at radius 3 is 2.75 bits per heavy atom. The lowest BCUT2D eigenvalue weighted by molar-refractivity contribution is 0.202. The molecule has 2 nitrogen and oxygen atoms in total. The van der Waals surface area contributed by atoms with E-state index in [2.05, 4.69) is 19.9 Å². The molecule has 1 N–H and O–H groups in total. The van der Waals surface area contributed by atoms with E-state index < -0.39 is 0 Å². The van der Waals surface area contributed by atoms with E-state index in [4.69, 9.17) is 4.74 Å². The summed E-state index contributed by atoms with van der Waals surface area (Å²) in [6.45, 7) is 4.84. The number of rotatable bonds is 5. The second-order valence-corrected chi connectivity index (χ2v) is 4.19. The number of benzene rings is 1. The molecule has 2 heteroatoms. The van der Waals surface area contributed by atoms with Gasteiger partial charge in [0, 0.05) is 7.11 Å². The van der Waals surface area contributed by atoms with Crippen molar-refractivity contribution in [3.8, 4) is 5.75 Å². The molecular formula is C14H20O2. The van der Waals surface area contributed by atoms with Crippen molar-refractivity contribution in [1.29, 1.82) is 0 Å². The molecule has 16 heavy (non-hydrogen) atoms. The summed E-state index contributed by atoms with van der Waals surface area (Å²) in [5.74, 6) is 0.374. The van der Waals surface area contributed by atoms with Gasteiger partial charge in [0.1, 0.15) is 5.75 Å². The molecule has 88 valence electrons. The van der Waals surface area contributed by atoms with Gasteiger partial charge in [0.25, 0.3) is 0 Å². The number of aromatic hydroxyl groups is 1. The van der Waals surface area contributed by atoms with Crippen molar-refractivity contribution in [2.75, 3.05) is 13.7 Å². The Labute approximate surface area is 97.6 Å². The van der Waals surface area contributed by atoms with Gasteiger partial charge in [-0.2, -0.15) is 0 Å². The molecule has 0 radical (unpaired) electrons. The van der Waals surface area contributed by atoms with Crippen molar-refractivity contribution in [3.05, 3.63) is 41.0 Å². The van der Waals surface area contributed by atoms with Crippen LogP contribution in [0.3, 0.4) is 0 Å². The Hall–Kier alpha value is -1.28. The van der Waals surface area contributed by atoms with E-state index in [1.807, 2.05) is 12.1 Å². The maximum atomic E-state index is 9.71. The van der Waals surface area contributed by atoms with Gasteiger partial charge < -0.3 is 9.84 Å². The average Bonchev–Trinajstić information content (AvgIpc) is 2.26. The number of ether oxygens (including phenoxy) is 1. The van der Waals surface area contributed by atoms with Gasteiger partial charge in [-0.25, -0.2) is 0 Å². The van der Waals surface area contributed by atoms with Gasteiger partial charge >= 0.3 is 0 Å². The van der Waals surface area contributed by atoms with Crippen LogP contribution in [0.4, 0.5) is 0 Å². The molecule has 0 aliphatic carbocycles. The van der Waals surface area contributed by atoms with Gasteiger partial charge in [-0.05, 0) is 43.9 Å². The number of hydrogen-bond acceptors (Lipinski definition) is 2. The molecule has 0 aliphatic rings. The fraction of sp³-hybridized carbons (Fsp3) is 0.429. The highest BCUT2D eigenvalue weighted by Crippen LogP contribution is 2.20. The highest BCUT2D eigenvalue weighted by molar-refractivity contribution is 5.37. The van der Waals surface area contributed by atoms with Crippen molar-refractivity contribution in [1.82, 2.24) is 0 Å². The summed E-state index contributed by atoms with van der Waals surface area (Å²) in [5, 5.41) is 9.71. The van der Waals surface area contributed by atoms with Crippen LogP contribution in [-0.4, -0.2) is 18.8 Å². The SMILES string of the molecule is COCCc1ccc(O)c(CC=C(C)C)c1. The Kier molecular flexibility index (Phi) is 5.06. The number of phenolic OH excluding ortho intramolecular Hbond substituents is 1. The first-order valence-corrected chi connectivity index (χ1v) is 5.56. The van der Waals surface area contributed by atoms with E-state index in [0.29, 0.717) is 12.4 Å². The highest BCUT2D eigenvalue weighted by Gasteiger charge is 2.01. The minimum absolute atomic E-state index is 0.374. The van der Waals surface area contributed by atoms with Crippen LogP contribution < -0.4 is 0 Å². The molecule has 0 fully saturated rings. The predicted molar refractivity (Wildman–Crippen MR) is 66.8 cm³/mol. The zero-order chi connectivity index (χ0) is 12.0. The summed E-state index contributed by atoms with van der Waals surface area (Å²) in [6.07, 6.45) is 3.79. The Morgan fingerprint density at radius 1 is 1.38 bits per heavy atom. The van der Waals surface area contributed by atoms with E-state index in [-0.39, 0.29) is 0 Å². The summed E-state index contributed by atoms with van der Waals surface area (Å²) < 4.78 is 5.04. The van der Waals surface area contributed by atoms with Gasteiger partial charge in [0.2, 0.25) is 0 Å². The van der Waals surface area contributed by atoms with Crippen LogP contribution in [0.15, 0.2) is 29.8 Å². The number of phenols is 1. The lowest BCUT2D eigenvalue weighted by Gasteiger charge is -2.06. The Morgan fingerprint density at radius 2 is 2.12 bits per heavy atom. The van der Waals surface area contributed by atoms with Crippen LogP contribution in [0, 0.1) is 0 Å². The summed E-state index contributed by atoms with van der Waals surface area (Å²) in [5.41, 5.74) is 3.45. The van der Waals surface area contributed by atoms with E-state index in [9.17, 15) is 5.11 Å². The largest absolute Gasteiger partial charge is 0.508 e. The van der Waals surface area contributed by atoms with Crippen molar-refractivity contribution >= 4 is 0 Å². The molecule has 0 amide bonds. The van der Waals surface area contributed by atoms with Crippen LogP contribution in [0.5, 0.6) is 5.75 Å². The first-order chi connectivity index (χ1) is 7.63. The summed E-state index contributed by atoms with van der Waals surface area (Å²) in [7, 11) is 1.70. The minimum Gasteiger partial charge on any atom is -0.508 e. The van der Waals surface area contributed by atoms with Crippen LogP contribution in [0.25, 0.3) is 0 Å². The van der Waals surface area contributed by atoms with E-state index >= 15 is 0 Å². The van der Waals surface area contributed by atoms with Gasteiger partial charge in [-0.15, -0.1) is 0 Å². The zero-order valence-corrected chi connectivity index (χ0v) is 10.3.